The molecule has 0 bridgehead atoms. The summed E-state index contributed by atoms with van der Waals surface area (Å²) in [6, 6.07) is 14.7. The number of nitrogens with one attached hydrogen (secondary N) is 3. The number of carbonyl (C=O) groups excluding carboxylic acids is 2. The Labute approximate surface area is 166 Å². The number of anilines is 1. The van der Waals surface area contributed by atoms with Crippen molar-refractivity contribution in [2.75, 3.05) is 18.5 Å². The molecule has 6 heteroatoms. The van der Waals surface area contributed by atoms with Crippen LogP contribution in [0.5, 0.6) is 5.75 Å². The number of ether oxygens (including phenoxy) is 1. The molecular weight excluding hydrogens is 354 g/mol. The van der Waals surface area contributed by atoms with Gasteiger partial charge in [0.1, 0.15) is 5.75 Å². The van der Waals surface area contributed by atoms with Crippen LogP contribution in [0.2, 0.25) is 0 Å². The highest BCUT2D eigenvalue weighted by Crippen LogP contribution is 2.28. The van der Waals surface area contributed by atoms with Gasteiger partial charge in [-0.1, -0.05) is 37.3 Å². The van der Waals surface area contributed by atoms with Gasteiger partial charge in [0, 0.05) is 24.7 Å². The molecule has 0 aliphatic heterocycles. The molecule has 2 amide bonds. The maximum absolute atomic E-state index is 12.7. The van der Waals surface area contributed by atoms with Crippen molar-refractivity contribution in [3.63, 3.8) is 0 Å². The molecule has 0 radical (unpaired) electrons. The first-order valence-corrected chi connectivity index (χ1v) is 9.61. The van der Waals surface area contributed by atoms with E-state index in [0.717, 1.165) is 29.9 Å². The quantitative estimate of drug-likeness (QED) is 0.587. The molecular formula is C22H29N3O3. The zero-order valence-corrected chi connectivity index (χ0v) is 16.7. The molecule has 28 heavy (non-hydrogen) atoms. The van der Waals surface area contributed by atoms with E-state index in [0.29, 0.717) is 12.4 Å². The van der Waals surface area contributed by atoms with E-state index in [9.17, 15) is 9.59 Å². The second-order valence-electron chi connectivity index (χ2n) is 6.46. The molecule has 2 rings (SSSR count). The van der Waals surface area contributed by atoms with Crippen LogP contribution in [0.3, 0.4) is 0 Å². The zero-order chi connectivity index (χ0) is 20.4. The third kappa shape index (κ3) is 6.70. The van der Waals surface area contributed by atoms with Crippen LogP contribution >= 0.6 is 0 Å². The van der Waals surface area contributed by atoms with Crippen molar-refractivity contribution in [3.8, 4) is 5.75 Å². The number of carbonyl (C=O) groups is 2. The van der Waals surface area contributed by atoms with E-state index in [4.69, 9.17) is 4.74 Å². The summed E-state index contributed by atoms with van der Waals surface area (Å²) in [7, 11) is 0. The van der Waals surface area contributed by atoms with E-state index in [1.165, 1.54) is 6.92 Å². The normalized spacial score (nSPS) is 11.5. The standard InChI is InChI=1S/C22H29N3O3/c1-4-23-15-17-9-8-10-18(13-17)25-22(27)14-20(24-16(3)26)19-11-6-7-12-21(19)28-5-2/h6-13,20,23H,4-5,14-15H2,1-3H3,(H,24,26)(H,25,27). The molecule has 6 nitrogen and oxygen atoms in total. The van der Waals surface area contributed by atoms with Crippen molar-refractivity contribution in [2.24, 2.45) is 0 Å². The smallest absolute Gasteiger partial charge is 0.226 e. The summed E-state index contributed by atoms with van der Waals surface area (Å²) in [5, 5.41) is 9.05. The summed E-state index contributed by atoms with van der Waals surface area (Å²) in [5.74, 6) is 0.298. The molecule has 2 aromatic rings. The summed E-state index contributed by atoms with van der Waals surface area (Å²) in [5.41, 5.74) is 2.62. The van der Waals surface area contributed by atoms with Gasteiger partial charge in [-0.3, -0.25) is 9.59 Å². The fourth-order valence-corrected chi connectivity index (χ4v) is 2.97. The second-order valence-corrected chi connectivity index (χ2v) is 6.46. The predicted molar refractivity (Wildman–Crippen MR) is 111 cm³/mol. The summed E-state index contributed by atoms with van der Waals surface area (Å²) in [6.07, 6.45) is 0.112. The molecule has 0 saturated heterocycles. The minimum Gasteiger partial charge on any atom is -0.494 e. The summed E-state index contributed by atoms with van der Waals surface area (Å²) < 4.78 is 5.66. The maximum Gasteiger partial charge on any atom is 0.226 e. The van der Waals surface area contributed by atoms with Gasteiger partial charge in [-0.05, 0) is 37.2 Å². The van der Waals surface area contributed by atoms with Gasteiger partial charge in [-0.25, -0.2) is 0 Å². The largest absolute Gasteiger partial charge is 0.494 e. The molecule has 150 valence electrons. The Morgan fingerprint density at radius 1 is 1.07 bits per heavy atom. The molecule has 0 aliphatic rings. The average molecular weight is 383 g/mol. The summed E-state index contributed by atoms with van der Waals surface area (Å²) in [4.78, 5) is 24.3. The van der Waals surface area contributed by atoms with E-state index in [1.54, 1.807) is 0 Å². The molecule has 0 saturated carbocycles. The lowest BCUT2D eigenvalue weighted by Crippen LogP contribution is -2.30. The molecule has 1 atom stereocenters. The van der Waals surface area contributed by atoms with E-state index >= 15 is 0 Å². The predicted octanol–water partition coefficient (Wildman–Crippen LogP) is 3.40. The number of rotatable bonds is 10. The number of hydrogen-bond acceptors (Lipinski definition) is 4. The fraction of sp³-hybridized carbons (Fsp3) is 0.364. The highest BCUT2D eigenvalue weighted by Gasteiger charge is 2.20. The van der Waals surface area contributed by atoms with Crippen molar-refractivity contribution in [1.82, 2.24) is 10.6 Å². The van der Waals surface area contributed by atoms with Crippen molar-refractivity contribution in [2.45, 2.75) is 39.8 Å². The first kappa shape index (κ1) is 21.4. The van der Waals surface area contributed by atoms with Gasteiger partial charge in [0.2, 0.25) is 11.8 Å². The van der Waals surface area contributed by atoms with Gasteiger partial charge < -0.3 is 20.7 Å². The number of hydrogen-bond donors (Lipinski definition) is 3. The van der Waals surface area contributed by atoms with Crippen LogP contribution in [0, 0.1) is 0 Å². The lowest BCUT2D eigenvalue weighted by molar-refractivity contribution is -0.120. The molecule has 0 heterocycles. The molecule has 2 aromatic carbocycles. The van der Waals surface area contributed by atoms with E-state index in [-0.39, 0.29) is 18.2 Å². The Hall–Kier alpha value is -2.86. The van der Waals surface area contributed by atoms with Gasteiger partial charge in [0.05, 0.1) is 19.1 Å². The molecule has 3 N–H and O–H groups in total. The Kier molecular flexibility index (Phi) is 8.49. The van der Waals surface area contributed by atoms with Gasteiger partial charge >= 0.3 is 0 Å². The van der Waals surface area contributed by atoms with Crippen LogP contribution in [0.15, 0.2) is 48.5 Å². The van der Waals surface area contributed by atoms with Crippen LogP contribution in [0.25, 0.3) is 0 Å². The number of amides is 2. The van der Waals surface area contributed by atoms with Crippen molar-refractivity contribution >= 4 is 17.5 Å². The van der Waals surface area contributed by atoms with Crippen LogP contribution < -0.4 is 20.7 Å². The SMILES string of the molecule is CCNCc1cccc(NC(=O)CC(NC(C)=O)c2ccccc2OCC)c1. The molecule has 0 aliphatic carbocycles. The van der Waals surface area contributed by atoms with Crippen LogP contribution in [-0.2, 0) is 16.1 Å². The Bertz CT molecular complexity index is 792. The fourth-order valence-electron chi connectivity index (χ4n) is 2.97. The Morgan fingerprint density at radius 2 is 1.86 bits per heavy atom. The molecule has 0 fully saturated rings. The number of para-hydroxylation sites is 1. The number of benzene rings is 2. The summed E-state index contributed by atoms with van der Waals surface area (Å²) in [6.45, 7) is 7.53. The van der Waals surface area contributed by atoms with Crippen LogP contribution in [-0.4, -0.2) is 25.0 Å². The molecule has 0 spiro atoms. The first-order chi connectivity index (χ1) is 13.5. The van der Waals surface area contributed by atoms with Crippen molar-refractivity contribution in [3.05, 3.63) is 59.7 Å². The third-order valence-corrected chi connectivity index (χ3v) is 4.15. The zero-order valence-electron chi connectivity index (χ0n) is 16.7. The summed E-state index contributed by atoms with van der Waals surface area (Å²) >= 11 is 0. The topological polar surface area (TPSA) is 79.5 Å². The average Bonchev–Trinajstić information content (AvgIpc) is 2.66. The maximum atomic E-state index is 12.7. The minimum atomic E-state index is -0.467. The van der Waals surface area contributed by atoms with Crippen molar-refractivity contribution in [1.29, 1.82) is 0 Å². The highest BCUT2D eigenvalue weighted by atomic mass is 16.5. The van der Waals surface area contributed by atoms with Gasteiger partial charge in [0.25, 0.3) is 0 Å². The lowest BCUT2D eigenvalue weighted by Gasteiger charge is -2.21. The highest BCUT2D eigenvalue weighted by molar-refractivity contribution is 5.91. The first-order valence-electron chi connectivity index (χ1n) is 9.61. The van der Waals surface area contributed by atoms with Gasteiger partial charge in [0.15, 0.2) is 0 Å². The van der Waals surface area contributed by atoms with Gasteiger partial charge in [-0.2, -0.15) is 0 Å². The van der Waals surface area contributed by atoms with Crippen molar-refractivity contribution < 1.29 is 14.3 Å². The van der Waals surface area contributed by atoms with Gasteiger partial charge in [-0.15, -0.1) is 0 Å². The van der Waals surface area contributed by atoms with E-state index in [1.807, 2.05) is 62.4 Å². The van der Waals surface area contributed by atoms with Crippen LogP contribution in [0.1, 0.15) is 44.4 Å². The van der Waals surface area contributed by atoms with E-state index < -0.39 is 6.04 Å². The van der Waals surface area contributed by atoms with Crippen LogP contribution in [0.4, 0.5) is 5.69 Å². The Balaban J connectivity index is 2.12. The van der Waals surface area contributed by atoms with E-state index in [2.05, 4.69) is 16.0 Å². The monoisotopic (exact) mass is 383 g/mol. The lowest BCUT2D eigenvalue weighted by atomic mass is 10.0. The second kappa shape index (κ2) is 11.1. The Morgan fingerprint density at radius 3 is 2.57 bits per heavy atom. The third-order valence-electron chi connectivity index (χ3n) is 4.15. The minimum absolute atomic E-state index is 0.112. The molecule has 0 aromatic heterocycles. The molecule has 1 unspecified atom stereocenters.